The first-order valence-electron chi connectivity index (χ1n) is 3.82. The van der Waals surface area contributed by atoms with Crippen molar-refractivity contribution in [2.24, 2.45) is 0 Å². The summed E-state index contributed by atoms with van der Waals surface area (Å²) < 4.78 is 4.84. The van der Waals surface area contributed by atoms with Crippen LogP contribution in [0.1, 0.15) is 13.8 Å². The average Bonchev–Trinajstić information content (AvgIpc) is 2.30. The fraction of sp³-hybridized carbons (Fsp3) is 0.300. The van der Waals surface area contributed by atoms with Gasteiger partial charge >= 0.3 is 5.97 Å². The van der Waals surface area contributed by atoms with Gasteiger partial charge in [-0.2, -0.15) is 0 Å². The maximum atomic E-state index is 11.0. The first kappa shape index (κ1) is 8.78. The topological polar surface area (TPSA) is 26.3 Å². The Kier molecular flexibility index (Phi) is 2.48. The van der Waals surface area contributed by atoms with Crippen molar-refractivity contribution in [3.63, 3.8) is 0 Å². The van der Waals surface area contributed by atoms with Crippen molar-refractivity contribution in [3.05, 3.63) is 35.5 Å². The second kappa shape index (κ2) is 3.39. The Labute approximate surface area is 72.2 Å². The molecule has 0 aromatic rings. The molecule has 64 valence electrons. The van der Waals surface area contributed by atoms with E-state index in [9.17, 15) is 4.79 Å². The molecule has 0 saturated heterocycles. The average molecular weight is 164 g/mol. The number of esters is 1. The van der Waals surface area contributed by atoms with Crippen LogP contribution in [-0.2, 0) is 9.53 Å². The summed E-state index contributed by atoms with van der Waals surface area (Å²) in [4.78, 5) is 11.0. The third-order valence-electron chi connectivity index (χ3n) is 1.59. The van der Waals surface area contributed by atoms with Gasteiger partial charge in [-0.25, -0.2) is 4.79 Å². The summed E-state index contributed by atoms with van der Waals surface area (Å²) in [6.07, 6.45) is 3.49. The highest BCUT2D eigenvalue weighted by molar-refractivity contribution is 5.95. The Morgan fingerprint density at radius 3 is 2.75 bits per heavy atom. The molecule has 2 heteroatoms. The van der Waals surface area contributed by atoms with Crippen LogP contribution in [-0.4, -0.2) is 12.6 Å². The second-order valence-electron chi connectivity index (χ2n) is 2.94. The summed E-state index contributed by atoms with van der Waals surface area (Å²) in [5.74, 6) is -0.266. The molecule has 1 aliphatic rings. The smallest absolute Gasteiger partial charge is 0.338 e. The van der Waals surface area contributed by atoms with E-state index >= 15 is 0 Å². The van der Waals surface area contributed by atoms with Crippen molar-refractivity contribution in [1.82, 2.24) is 0 Å². The minimum absolute atomic E-state index is 0.266. The van der Waals surface area contributed by atoms with Gasteiger partial charge < -0.3 is 4.74 Å². The monoisotopic (exact) mass is 164 g/mol. The third kappa shape index (κ3) is 1.64. The fourth-order valence-electron chi connectivity index (χ4n) is 1.11. The molecule has 2 nitrogen and oxygen atoms in total. The van der Waals surface area contributed by atoms with Crippen LogP contribution in [0.2, 0.25) is 0 Å². The van der Waals surface area contributed by atoms with Crippen LogP contribution in [0.25, 0.3) is 0 Å². The van der Waals surface area contributed by atoms with E-state index in [0.717, 1.165) is 11.1 Å². The first-order valence-corrected chi connectivity index (χ1v) is 3.82. The van der Waals surface area contributed by atoms with Crippen molar-refractivity contribution in [2.45, 2.75) is 13.8 Å². The lowest BCUT2D eigenvalue weighted by atomic mass is 10.1. The molecule has 0 aliphatic carbocycles. The van der Waals surface area contributed by atoms with Crippen molar-refractivity contribution < 1.29 is 9.53 Å². The molecule has 1 aliphatic heterocycles. The van der Waals surface area contributed by atoms with E-state index in [0.29, 0.717) is 12.2 Å². The fourth-order valence-corrected chi connectivity index (χ4v) is 1.11. The van der Waals surface area contributed by atoms with Crippen molar-refractivity contribution in [3.8, 4) is 0 Å². The molecule has 1 rings (SSSR count). The zero-order valence-corrected chi connectivity index (χ0v) is 7.39. The Morgan fingerprint density at radius 2 is 2.25 bits per heavy atom. The maximum absolute atomic E-state index is 11.0. The summed E-state index contributed by atoms with van der Waals surface area (Å²) >= 11 is 0. The molecule has 0 fully saturated rings. The van der Waals surface area contributed by atoms with Crippen molar-refractivity contribution in [1.29, 1.82) is 0 Å². The summed E-state index contributed by atoms with van der Waals surface area (Å²) in [6, 6.07) is 0. The summed E-state index contributed by atoms with van der Waals surface area (Å²) in [6.45, 7) is 7.91. The van der Waals surface area contributed by atoms with Crippen LogP contribution in [0.15, 0.2) is 35.5 Å². The Hall–Kier alpha value is -1.31. The minimum atomic E-state index is -0.266. The summed E-state index contributed by atoms with van der Waals surface area (Å²) in [5.41, 5.74) is 2.67. The van der Waals surface area contributed by atoms with Gasteiger partial charge in [0.25, 0.3) is 0 Å². The molecule has 0 aromatic carbocycles. The minimum Gasteiger partial charge on any atom is -0.457 e. The molecular weight excluding hydrogens is 152 g/mol. The van der Waals surface area contributed by atoms with Gasteiger partial charge in [0.2, 0.25) is 0 Å². The highest BCUT2D eigenvalue weighted by Crippen LogP contribution is 2.18. The van der Waals surface area contributed by atoms with Gasteiger partial charge in [-0.1, -0.05) is 24.3 Å². The number of allylic oxidation sites excluding steroid dienone is 1. The van der Waals surface area contributed by atoms with E-state index in [1.165, 1.54) is 0 Å². The van der Waals surface area contributed by atoms with Gasteiger partial charge in [-0.3, -0.25) is 0 Å². The first-order chi connectivity index (χ1) is 5.65. The molecule has 0 bridgehead atoms. The molecule has 1 heterocycles. The number of carbonyl (C=O) groups excluding carboxylic acids is 1. The van der Waals surface area contributed by atoms with Crippen LogP contribution < -0.4 is 0 Å². The lowest BCUT2D eigenvalue weighted by Crippen LogP contribution is -1.95. The molecule has 0 N–H and O–H groups in total. The third-order valence-corrected chi connectivity index (χ3v) is 1.59. The van der Waals surface area contributed by atoms with E-state index in [1.54, 1.807) is 6.08 Å². The number of cyclic esters (lactones) is 1. The molecule has 0 unspecified atom stereocenters. The second-order valence-corrected chi connectivity index (χ2v) is 2.94. The van der Waals surface area contributed by atoms with Crippen LogP contribution in [0.5, 0.6) is 0 Å². The molecule has 0 aromatic heterocycles. The van der Waals surface area contributed by atoms with E-state index in [4.69, 9.17) is 4.74 Å². The maximum Gasteiger partial charge on any atom is 0.338 e. The number of rotatable bonds is 2. The van der Waals surface area contributed by atoms with Gasteiger partial charge in [0.05, 0.1) is 5.57 Å². The van der Waals surface area contributed by atoms with Crippen LogP contribution in [0, 0.1) is 0 Å². The standard InChI is InChI=1S/C10H12O2/c1-4-9-8(5-7(2)3)6-12-10(9)11/h4-5H,1,6H2,2-3H3. The van der Waals surface area contributed by atoms with Crippen LogP contribution >= 0.6 is 0 Å². The largest absolute Gasteiger partial charge is 0.457 e. The number of ether oxygens (including phenoxy) is 1. The van der Waals surface area contributed by atoms with E-state index < -0.39 is 0 Å². The van der Waals surface area contributed by atoms with E-state index in [2.05, 4.69) is 6.58 Å². The number of carbonyl (C=O) groups is 1. The highest BCUT2D eigenvalue weighted by atomic mass is 16.5. The van der Waals surface area contributed by atoms with Gasteiger partial charge in [-0.05, 0) is 13.8 Å². The summed E-state index contributed by atoms with van der Waals surface area (Å²) in [7, 11) is 0. The SMILES string of the molecule is C=CC1=C(C=C(C)C)COC1=O. The van der Waals surface area contributed by atoms with Gasteiger partial charge in [0, 0.05) is 5.57 Å². The van der Waals surface area contributed by atoms with Gasteiger partial charge in [-0.15, -0.1) is 0 Å². The molecule has 0 amide bonds. The molecule has 0 saturated carbocycles. The van der Waals surface area contributed by atoms with Gasteiger partial charge in [0.1, 0.15) is 6.61 Å². The zero-order chi connectivity index (χ0) is 9.14. The lowest BCUT2D eigenvalue weighted by Gasteiger charge is -1.92. The highest BCUT2D eigenvalue weighted by Gasteiger charge is 2.19. The van der Waals surface area contributed by atoms with Crippen LogP contribution in [0.4, 0.5) is 0 Å². The molecule has 12 heavy (non-hydrogen) atoms. The van der Waals surface area contributed by atoms with Crippen molar-refractivity contribution >= 4 is 5.97 Å². The predicted molar refractivity (Wildman–Crippen MR) is 47.6 cm³/mol. The van der Waals surface area contributed by atoms with Crippen molar-refractivity contribution in [2.75, 3.05) is 6.61 Å². The number of hydrogen-bond acceptors (Lipinski definition) is 2. The summed E-state index contributed by atoms with van der Waals surface area (Å²) in [5, 5.41) is 0. The van der Waals surface area contributed by atoms with Crippen LogP contribution in [0.3, 0.4) is 0 Å². The number of hydrogen-bond donors (Lipinski definition) is 0. The normalized spacial score (nSPS) is 16.0. The predicted octanol–water partition coefficient (Wildman–Crippen LogP) is 1.99. The molecular formula is C10H12O2. The zero-order valence-electron chi connectivity index (χ0n) is 7.39. The Bertz CT molecular complexity index is 278. The molecule has 0 atom stereocenters. The van der Waals surface area contributed by atoms with E-state index in [-0.39, 0.29) is 5.97 Å². The lowest BCUT2D eigenvalue weighted by molar-refractivity contribution is -0.135. The quantitative estimate of drug-likeness (QED) is 0.583. The Balaban J connectivity index is 3.01. The van der Waals surface area contributed by atoms with E-state index in [1.807, 2.05) is 19.9 Å². The Morgan fingerprint density at radius 1 is 1.58 bits per heavy atom. The van der Waals surface area contributed by atoms with Gasteiger partial charge in [0.15, 0.2) is 0 Å². The molecule has 0 spiro atoms. The molecule has 0 radical (unpaired) electrons.